The highest BCUT2D eigenvalue weighted by molar-refractivity contribution is 5.81. The largest absolute Gasteiger partial charge is 0.460 e. The van der Waals surface area contributed by atoms with Crippen molar-refractivity contribution >= 4 is 11.9 Å². The Kier molecular flexibility index (Phi) is 5.67. The van der Waals surface area contributed by atoms with Gasteiger partial charge in [-0.15, -0.1) is 0 Å². The normalized spacial score (nSPS) is 11.0. The fourth-order valence-electron chi connectivity index (χ4n) is 1.59. The van der Waals surface area contributed by atoms with Gasteiger partial charge in [0.05, 0.1) is 6.42 Å². The van der Waals surface area contributed by atoms with Crippen molar-refractivity contribution in [3.05, 3.63) is 29.6 Å². The van der Waals surface area contributed by atoms with Crippen molar-refractivity contribution in [3.8, 4) is 0 Å². The van der Waals surface area contributed by atoms with Crippen LogP contribution >= 0.6 is 0 Å². The van der Waals surface area contributed by atoms with Gasteiger partial charge < -0.3 is 10.1 Å². The van der Waals surface area contributed by atoms with Crippen LogP contribution in [0.2, 0.25) is 0 Å². The molecule has 0 saturated carbocycles. The van der Waals surface area contributed by atoms with Crippen LogP contribution in [0.25, 0.3) is 0 Å². The van der Waals surface area contributed by atoms with Gasteiger partial charge in [-0.1, -0.05) is 0 Å². The van der Waals surface area contributed by atoms with E-state index in [2.05, 4.69) is 10.3 Å². The van der Waals surface area contributed by atoms with Gasteiger partial charge in [0.2, 0.25) is 5.91 Å². The van der Waals surface area contributed by atoms with E-state index in [9.17, 15) is 9.59 Å². The number of nitrogens with zero attached hydrogens (tertiary/aromatic N) is 1. The Hall–Kier alpha value is -1.91. The number of esters is 1. The zero-order valence-electron chi connectivity index (χ0n) is 12.5. The first kappa shape index (κ1) is 16.1. The van der Waals surface area contributed by atoms with E-state index < -0.39 is 5.60 Å². The number of pyridine rings is 1. The maximum atomic E-state index is 11.7. The molecule has 0 bridgehead atoms. The van der Waals surface area contributed by atoms with Gasteiger partial charge in [-0.2, -0.15) is 0 Å². The van der Waals surface area contributed by atoms with E-state index in [1.165, 1.54) is 0 Å². The van der Waals surface area contributed by atoms with Gasteiger partial charge in [0.1, 0.15) is 5.60 Å². The van der Waals surface area contributed by atoms with Gasteiger partial charge in [0, 0.05) is 25.4 Å². The summed E-state index contributed by atoms with van der Waals surface area (Å²) < 4.78 is 5.14. The molecule has 20 heavy (non-hydrogen) atoms. The van der Waals surface area contributed by atoms with Crippen LogP contribution in [0.5, 0.6) is 0 Å². The topological polar surface area (TPSA) is 68.3 Å². The molecule has 0 aromatic carbocycles. The molecule has 0 aliphatic rings. The molecule has 1 amide bonds. The van der Waals surface area contributed by atoms with E-state index in [1.54, 1.807) is 33.2 Å². The average Bonchev–Trinajstić information content (AvgIpc) is 2.33. The molecule has 0 aliphatic carbocycles. The van der Waals surface area contributed by atoms with Gasteiger partial charge >= 0.3 is 5.97 Å². The van der Waals surface area contributed by atoms with Crippen molar-refractivity contribution in [2.45, 2.75) is 52.7 Å². The third kappa shape index (κ3) is 6.31. The fraction of sp³-hybridized carbons (Fsp3) is 0.533. The lowest BCUT2D eigenvalue weighted by Gasteiger charge is -2.19. The first-order valence-electron chi connectivity index (χ1n) is 6.66. The van der Waals surface area contributed by atoms with Crippen molar-refractivity contribution in [1.29, 1.82) is 0 Å². The number of hydrogen-bond acceptors (Lipinski definition) is 4. The first-order chi connectivity index (χ1) is 9.28. The Morgan fingerprint density at radius 1 is 1.30 bits per heavy atom. The molecule has 0 radical (unpaired) electrons. The first-order valence-corrected chi connectivity index (χ1v) is 6.66. The molecule has 0 aliphatic heterocycles. The zero-order chi connectivity index (χ0) is 15.2. The SMILES string of the molecule is Cc1cnccc1CNC(=O)CCC(=O)OC(C)(C)C. The smallest absolute Gasteiger partial charge is 0.306 e. The van der Waals surface area contributed by atoms with Gasteiger partial charge in [-0.05, 0) is 44.9 Å². The lowest BCUT2D eigenvalue weighted by molar-refractivity contribution is -0.155. The van der Waals surface area contributed by atoms with Crippen molar-refractivity contribution in [1.82, 2.24) is 10.3 Å². The molecular weight excluding hydrogens is 256 g/mol. The molecule has 1 heterocycles. The highest BCUT2D eigenvalue weighted by Crippen LogP contribution is 2.09. The Morgan fingerprint density at radius 3 is 2.60 bits per heavy atom. The van der Waals surface area contributed by atoms with Crippen LogP contribution in [0.4, 0.5) is 0 Å². The second kappa shape index (κ2) is 7.03. The predicted molar refractivity (Wildman–Crippen MR) is 75.9 cm³/mol. The lowest BCUT2D eigenvalue weighted by atomic mass is 10.1. The van der Waals surface area contributed by atoms with Crippen molar-refractivity contribution in [3.63, 3.8) is 0 Å². The minimum Gasteiger partial charge on any atom is -0.460 e. The van der Waals surface area contributed by atoms with Crippen LogP contribution in [-0.4, -0.2) is 22.5 Å². The number of rotatable bonds is 5. The summed E-state index contributed by atoms with van der Waals surface area (Å²) in [6.45, 7) is 7.79. The summed E-state index contributed by atoms with van der Waals surface area (Å²) in [5.41, 5.74) is 1.53. The van der Waals surface area contributed by atoms with Crippen molar-refractivity contribution in [2.24, 2.45) is 0 Å². The second-order valence-corrected chi connectivity index (χ2v) is 5.67. The predicted octanol–water partition coefficient (Wildman–Crippen LogP) is 2.13. The monoisotopic (exact) mass is 278 g/mol. The summed E-state index contributed by atoms with van der Waals surface area (Å²) in [5, 5.41) is 2.78. The van der Waals surface area contributed by atoms with Crippen molar-refractivity contribution in [2.75, 3.05) is 0 Å². The van der Waals surface area contributed by atoms with E-state index in [-0.39, 0.29) is 24.7 Å². The van der Waals surface area contributed by atoms with Crippen LogP contribution in [0.3, 0.4) is 0 Å². The molecule has 5 nitrogen and oxygen atoms in total. The van der Waals surface area contributed by atoms with E-state index in [0.29, 0.717) is 6.54 Å². The number of amides is 1. The fourth-order valence-corrected chi connectivity index (χ4v) is 1.59. The molecule has 0 spiro atoms. The minimum absolute atomic E-state index is 0.0957. The van der Waals surface area contributed by atoms with Crippen LogP contribution in [0, 0.1) is 6.92 Å². The average molecular weight is 278 g/mol. The van der Waals surface area contributed by atoms with Crippen LogP contribution < -0.4 is 5.32 Å². The number of carbonyl (C=O) groups is 2. The highest BCUT2D eigenvalue weighted by atomic mass is 16.6. The lowest BCUT2D eigenvalue weighted by Crippen LogP contribution is -2.27. The van der Waals surface area contributed by atoms with E-state index in [4.69, 9.17) is 4.74 Å². The Bertz CT molecular complexity index is 478. The van der Waals surface area contributed by atoms with Crippen LogP contribution in [-0.2, 0) is 20.9 Å². The van der Waals surface area contributed by atoms with Crippen LogP contribution in [0.15, 0.2) is 18.5 Å². The van der Waals surface area contributed by atoms with Crippen LogP contribution in [0.1, 0.15) is 44.7 Å². The van der Waals surface area contributed by atoms with Crippen molar-refractivity contribution < 1.29 is 14.3 Å². The quantitative estimate of drug-likeness (QED) is 0.838. The number of ether oxygens (including phenoxy) is 1. The van der Waals surface area contributed by atoms with Gasteiger partial charge in [-0.25, -0.2) is 0 Å². The van der Waals surface area contributed by atoms with E-state index >= 15 is 0 Å². The number of aromatic nitrogens is 1. The Balaban J connectivity index is 2.31. The molecule has 1 aromatic rings. The summed E-state index contributed by atoms with van der Waals surface area (Å²) in [4.78, 5) is 27.1. The molecule has 0 unspecified atom stereocenters. The molecule has 0 atom stereocenters. The molecule has 5 heteroatoms. The number of nitrogens with one attached hydrogen (secondary N) is 1. The Labute approximate surface area is 119 Å². The minimum atomic E-state index is -0.512. The molecular formula is C15H22N2O3. The highest BCUT2D eigenvalue weighted by Gasteiger charge is 2.16. The summed E-state index contributed by atoms with van der Waals surface area (Å²) in [7, 11) is 0. The number of aryl methyl sites for hydroxylation is 1. The number of carbonyl (C=O) groups excluding carboxylic acids is 2. The van der Waals surface area contributed by atoms with Gasteiger partial charge in [0.25, 0.3) is 0 Å². The molecule has 1 aromatic heterocycles. The molecule has 0 saturated heterocycles. The van der Waals surface area contributed by atoms with E-state index in [0.717, 1.165) is 11.1 Å². The summed E-state index contributed by atoms with van der Waals surface area (Å²) >= 11 is 0. The van der Waals surface area contributed by atoms with Gasteiger partial charge in [0.15, 0.2) is 0 Å². The maximum absolute atomic E-state index is 11.7. The van der Waals surface area contributed by atoms with Gasteiger partial charge in [-0.3, -0.25) is 14.6 Å². The molecule has 0 fully saturated rings. The molecule has 1 N–H and O–H groups in total. The standard InChI is InChI=1S/C15H22N2O3/c1-11-9-16-8-7-12(11)10-17-13(18)5-6-14(19)20-15(2,3)4/h7-9H,5-6,10H2,1-4H3,(H,17,18). The number of hydrogen-bond donors (Lipinski definition) is 1. The second-order valence-electron chi connectivity index (χ2n) is 5.67. The summed E-state index contributed by atoms with van der Waals surface area (Å²) in [6.07, 6.45) is 3.68. The maximum Gasteiger partial charge on any atom is 0.306 e. The summed E-state index contributed by atoms with van der Waals surface area (Å²) in [6, 6.07) is 1.86. The third-order valence-corrected chi connectivity index (χ3v) is 2.59. The zero-order valence-corrected chi connectivity index (χ0v) is 12.5. The molecule has 110 valence electrons. The molecule has 1 rings (SSSR count). The van der Waals surface area contributed by atoms with E-state index in [1.807, 2.05) is 13.0 Å². The summed E-state index contributed by atoms with van der Waals surface area (Å²) in [5.74, 6) is -0.514. The third-order valence-electron chi connectivity index (χ3n) is 2.59. The Morgan fingerprint density at radius 2 is 2.00 bits per heavy atom.